The van der Waals surface area contributed by atoms with E-state index in [4.69, 9.17) is 21.3 Å². The van der Waals surface area contributed by atoms with E-state index in [0.717, 1.165) is 33.7 Å². The third-order valence-electron chi connectivity index (χ3n) is 3.88. The van der Waals surface area contributed by atoms with Crippen molar-refractivity contribution in [3.8, 4) is 0 Å². The van der Waals surface area contributed by atoms with Crippen LogP contribution in [0.2, 0.25) is 5.02 Å². The molecule has 0 spiro atoms. The average Bonchev–Trinajstić information content (AvgIpc) is 2.59. The number of pyridine rings is 1. The summed E-state index contributed by atoms with van der Waals surface area (Å²) in [6.45, 7) is 1.49. The molecule has 0 N–H and O–H groups in total. The summed E-state index contributed by atoms with van der Waals surface area (Å²) in [4.78, 5) is 6.90. The third-order valence-corrected chi connectivity index (χ3v) is 4.14. The summed E-state index contributed by atoms with van der Waals surface area (Å²) in [5.74, 6) is 0. The molecule has 3 rings (SSSR count). The van der Waals surface area contributed by atoms with Crippen LogP contribution in [-0.2, 0) is 4.74 Å². The molecule has 1 aromatic heterocycles. The first-order valence-electron chi connectivity index (χ1n) is 8.01. The van der Waals surface area contributed by atoms with E-state index in [0.29, 0.717) is 6.61 Å². The molecule has 0 radical (unpaired) electrons. The summed E-state index contributed by atoms with van der Waals surface area (Å²) >= 11 is 6.02. The van der Waals surface area contributed by atoms with Crippen molar-refractivity contribution in [3.05, 3.63) is 76.9 Å². The fourth-order valence-electron chi connectivity index (χ4n) is 2.57. The van der Waals surface area contributed by atoms with Gasteiger partial charge < -0.3 is 9.64 Å². The normalized spacial score (nSPS) is 12.7. The number of likely N-dealkylation sites (N-methyl/N-ethyl adjacent to an activating group) is 1. The highest BCUT2D eigenvalue weighted by molar-refractivity contribution is 6.30. The van der Waals surface area contributed by atoms with E-state index in [1.807, 2.05) is 62.6 Å². The van der Waals surface area contributed by atoms with Crippen molar-refractivity contribution >= 4 is 22.5 Å². The lowest BCUT2D eigenvalue weighted by Gasteiger charge is -2.20. The Morgan fingerprint density at radius 1 is 1.00 bits per heavy atom. The molecule has 0 saturated heterocycles. The topological polar surface area (TPSA) is 25.4 Å². The Morgan fingerprint density at radius 3 is 2.50 bits per heavy atom. The molecule has 24 heavy (non-hydrogen) atoms. The van der Waals surface area contributed by atoms with E-state index in [-0.39, 0.29) is 6.10 Å². The molecule has 3 nitrogen and oxygen atoms in total. The molecule has 0 aliphatic carbocycles. The maximum atomic E-state index is 6.17. The fraction of sp³-hybridized carbons (Fsp3) is 0.250. The first-order chi connectivity index (χ1) is 11.6. The fourth-order valence-corrected chi connectivity index (χ4v) is 2.70. The molecular weight excluding hydrogens is 320 g/mol. The van der Waals surface area contributed by atoms with Gasteiger partial charge in [-0.25, -0.2) is 4.98 Å². The van der Waals surface area contributed by atoms with Gasteiger partial charge in [0.05, 0.1) is 17.8 Å². The standard InChI is InChI=1S/C20H21ClN2O/c1-23(2)13-14-24-20(16-7-10-17(21)11-8-16)19-12-9-15-5-3-4-6-18(15)22-19/h3-12,20H,13-14H2,1-2H3. The largest absolute Gasteiger partial charge is 0.366 e. The van der Waals surface area contributed by atoms with Gasteiger partial charge in [0.1, 0.15) is 6.10 Å². The summed E-state index contributed by atoms with van der Waals surface area (Å²) in [7, 11) is 4.07. The van der Waals surface area contributed by atoms with Crippen LogP contribution in [-0.4, -0.2) is 37.1 Å². The summed E-state index contributed by atoms with van der Waals surface area (Å²) in [6, 6.07) is 20.0. The van der Waals surface area contributed by atoms with Gasteiger partial charge in [-0.05, 0) is 43.9 Å². The third kappa shape index (κ3) is 4.12. The number of benzene rings is 2. The zero-order valence-electron chi connectivity index (χ0n) is 13.9. The van der Waals surface area contributed by atoms with Crippen molar-refractivity contribution in [2.24, 2.45) is 0 Å². The number of nitrogens with zero attached hydrogens (tertiary/aromatic N) is 2. The molecule has 1 heterocycles. The van der Waals surface area contributed by atoms with Gasteiger partial charge in [-0.15, -0.1) is 0 Å². The maximum absolute atomic E-state index is 6.17. The minimum absolute atomic E-state index is 0.202. The van der Waals surface area contributed by atoms with Crippen LogP contribution in [0.4, 0.5) is 0 Å². The molecule has 0 aliphatic rings. The highest BCUT2D eigenvalue weighted by Crippen LogP contribution is 2.27. The zero-order chi connectivity index (χ0) is 16.9. The highest BCUT2D eigenvalue weighted by Gasteiger charge is 2.17. The Hall–Kier alpha value is -1.94. The second kappa shape index (κ2) is 7.75. The molecule has 124 valence electrons. The SMILES string of the molecule is CN(C)CCOC(c1ccc(Cl)cc1)c1ccc2ccccc2n1. The van der Waals surface area contributed by atoms with Crippen LogP contribution < -0.4 is 0 Å². The molecular formula is C20H21ClN2O. The van der Waals surface area contributed by atoms with E-state index < -0.39 is 0 Å². The van der Waals surface area contributed by atoms with Crippen LogP contribution in [0.15, 0.2) is 60.7 Å². The predicted molar refractivity (Wildman–Crippen MR) is 99.5 cm³/mol. The van der Waals surface area contributed by atoms with Gasteiger partial charge in [-0.3, -0.25) is 0 Å². The predicted octanol–water partition coefficient (Wildman–Crippen LogP) is 4.56. The highest BCUT2D eigenvalue weighted by atomic mass is 35.5. The van der Waals surface area contributed by atoms with Gasteiger partial charge in [0.2, 0.25) is 0 Å². The number of rotatable bonds is 6. The van der Waals surface area contributed by atoms with Crippen LogP contribution in [0.5, 0.6) is 0 Å². The van der Waals surface area contributed by atoms with Gasteiger partial charge in [-0.2, -0.15) is 0 Å². The summed E-state index contributed by atoms with van der Waals surface area (Å²) in [5.41, 5.74) is 2.95. The molecule has 0 bridgehead atoms. The van der Waals surface area contributed by atoms with E-state index in [1.54, 1.807) is 0 Å². The molecule has 0 saturated carbocycles. The van der Waals surface area contributed by atoms with Gasteiger partial charge in [-0.1, -0.05) is 48.0 Å². The Bertz CT molecular complexity index is 802. The van der Waals surface area contributed by atoms with Crippen LogP contribution in [0.3, 0.4) is 0 Å². The molecule has 0 amide bonds. The monoisotopic (exact) mass is 340 g/mol. The smallest absolute Gasteiger partial charge is 0.125 e. The van der Waals surface area contributed by atoms with Gasteiger partial charge in [0.25, 0.3) is 0 Å². The Balaban J connectivity index is 1.93. The summed E-state index contributed by atoms with van der Waals surface area (Å²) in [6.07, 6.45) is -0.202. The zero-order valence-corrected chi connectivity index (χ0v) is 14.7. The number of fused-ring (bicyclic) bond motifs is 1. The van der Waals surface area contributed by atoms with E-state index in [9.17, 15) is 0 Å². The van der Waals surface area contributed by atoms with Crippen molar-refractivity contribution in [1.29, 1.82) is 0 Å². The number of hydrogen-bond donors (Lipinski definition) is 0. The van der Waals surface area contributed by atoms with Crippen molar-refractivity contribution in [2.75, 3.05) is 27.2 Å². The van der Waals surface area contributed by atoms with Gasteiger partial charge in [0.15, 0.2) is 0 Å². The molecule has 1 atom stereocenters. The van der Waals surface area contributed by atoms with Crippen LogP contribution in [0.25, 0.3) is 10.9 Å². The van der Waals surface area contributed by atoms with E-state index >= 15 is 0 Å². The summed E-state index contributed by atoms with van der Waals surface area (Å²) < 4.78 is 6.17. The number of ether oxygens (including phenoxy) is 1. The first-order valence-corrected chi connectivity index (χ1v) is 8.39. The first kappa shape index (κ1) is 16.9. The molecule has 2 aromatic carbocycles. The minimum Gasteiger partial charge on any atom is -0.366 e. The molecule has 0 fully saturated rings. The minimum atomic E-state index is -0.202. The number of aromatic nitrogens is 1. The van der Waals surface area contributed by atoms with Crippen LogP contribution in [0.1, 0.15) is 17.4 Å². The Morgan fingerprint density at radius 2 is 1.75 bits per heavy atom. The lowest BCUT2D eigenvalue weighted by molar-refractivity contribution is 0.0664. The second-order valence-electron chi connectivity index (χ2n) is 6.03. The lowest BCUT2D eigenvalue weighted by atomic mass is 10.0. The molecule has 1 unspecified atom stereocenters. The number of halogens is 1. The maximum Gasteiger partial charge on any atom is 0.125 e. The van der Waals surface area contributed by atoms with Crippen molar-refractivity contribution in [2.45, 2.75) is 6.10 Å². The summed E-state index contributed by atoms with van der Waals surface area (Å²) in [5, 5.41) is 1.85. The van der Waals surface area contributed by atoms with Gasteiger partial charge in [0, 0.05) is 17.0 Å². The lowest BCUT2D eigenvalue weighted by Crippen LogP contribution is -2.20. The molecule has 0 aliphatic heterocycles. The second-order valence-corrected chi connectivity index (χ2v) is 6.47. The molecule has 4 heteroatoms. The average molecular weight is 341 g/mol. The van der Waals surface area contributed by atoms with Crippen molar-refractivity contribution in [3.63, 3.8) is 0 Å². The van der Waals surface area contributed by atoms with Crippen LogP contribution >= 0.6 is 11.6 Å². The van der Waals surface area contributed by atoms with E-state index in [1.165, 1.54) is 0 Å². The van der Waals surface area contributed by atoms with Crippen LogP contribution in [0, 0.1) is 0 Å². The van der Waals surface area contributed by atoms with Crippen molar-refractivity contribution in [1.82, 2.24) is 9.88 Å². The number of para-hydroxylation sites is 1. The Labute approximate surface area is 147 Å². The van der Waals surface area contributed by atoms with E-state index in [2.05, 4.69) is 17.0 Å². The van der Waals surface area contributed by atoms with Gasteiger partial charge >= 0.3 is 0 Å². The number of hydrogen-bond acceptors (Lipinski definition) is 3. The van der Waals surface area contributed by atoms with Crippen molar-refractivity contribution < 1.29 is 4.74 Å². The molecule has 3 aromatic rings. The Kier molecular flexibility index (Phi) is 5.46. The quantitative estimate of drug-likeness (QED) is 0.658.